The standard InChI is InChI=1S/C14H18Cl2N2O3S/c1-8-6-11(15)9(2)14(13(8)16)22(20,21)18(3)7-12(19)17-10-4-5-10/h6,10H,4-5,7H2,1-3H3,(H,17,19). The molecule has 0 aliphatic heterocycles. The number of nitrogens with zero attached hydrogens (tertiary/aromatic N) is 1. The molecule has 1 fully saturated rings. The first-order chi connectivity index (χ1) is 10.1. The molecule has 1 aliphatic rings. The Morgan fingerprint density at radius 3 is 2.50 bits per heavy atom. The van der Waals surface area contributed by atoms with Gasteiger partial charge in [0.05, 0.1) is 11.6 Å². The molecule has 22 heavy (non-hydrogen) atoms. The van der Waals surface area contributed by atoms with E-state index in [0.29, 0.717) is 16.1 Å². The molecule has 0 spiro atoms. The van der Waals surface area contributed by atoms with Crippen LogP contribution in [0.25, 0.3) is 0 Å². The molecule has 122 valence electrons. The van der Waals surface area contributed by atoms with Crippen molar-refractivity contribution in [1.82, 2.24) is 9.62 Å². The van der Waals surface area contributed by atoms with E-state index < -0.39 is 10.0 Å². The lowest BCUT2D eigenvalue weighted by atomic mass is 10.2. The molecule has 0 radical (unpaired) electrons. The number of halogens is 2. The molecule has 1 amide bonds. The highest BCUT2D eigenvalue weighted by Gasteiger charge is 2.30. The van der Waals surface area contributed by atoms with Gasteiger partial charge in [-0.05, 0) is 43.9 Å². The first-order valence-corrected chi connectivity index (χ1v) is 9.05. The molecule has 5 nitrogen and oxygen atoms in total. The molecule has 0 atom stereocenters. The predicted molar refractivity (Wildman–Crippen MR) is 86.9 cm³/mol. The topological polar surface area (TPSA) is 66.5 Å². The summed E-state index contributed by atoms with van der Waals surface area (Å²) < 4.78 is 26.4. The maximum Gasteiger partial charge on any atom is 0.245 e. The number of hydrogen-bond donors (Lipinski definition) is 1. The zero-order chi connectivity index (χ0) is 16.7. The summed E-state index contributed by atoms with van der Waals surface area (Å²) in [5, 5.41) is 3.22. The number of benzene rings is 1. The fraction of sp³-hybridized carbons (Fsp3) is 0.500. The minimum atomic E-state index is -3.90. The fourth-order valence-electron chi connectivity index (χ4n) is 2.06. The minimum absolute atomic E-state index is 0.0408. The largest absolute Gasteiger partial charge is 0.352 e. The van der Waals surface area contributed by atoms with Crippen molar-refractivity contribution in [2.45, 2.75) is 37.6 Å². The van der Waals surface area contributed by atoms with Crippen molar-refractivity contribution in [2.75, 3.05) is 13.6 Å². The van der Waals surface area contributed by atoms with E-state index in [1.54, 1.807) is 19.9 Å². The monoisotopic (exact) mass is 364 g/mol. The zero-order valence-electron chi connectivity index (χ0n) is 12.6. The second kappa shape index (κ2) is 6.35. The molecule has 0 unspecified atom stereocenters. The molecule has 0 saturated heterocycles. The summed E-state index contributed by atoms with van der Waals surface area (Å²) in [7, 11) is -2.54. The van der Waals surface area contributed by atoms with Gasteiger partial charge in [0.15, 0.2) is 0 Å². The lowest BCUT2D eigenvalue weighted by Gasteiger charge is -2.20. The van der Waals surface area contributed by atoms with Crippen molar-refractivity contribution < 1.29 is 13.2 Å². The summed E-state index contributed by atoms with van der Waals surface area (Å²) in [6.45, 7) is 3.03. The third-order valence-corrected chi connectivity index (χ3v) is 6.53. The quantitative estimate of drug-likeness (QED) is 0.872. The van der Waals surface area contributed by atoms with Crippen molar-refractivity contribution in [3.05, 3.63) is 27.2 Å². The van der Waals surface area contributed by atoms with Crippen LogP contribution < -0.4 is 5.32 Å². The average molecular weight is 365 g/mol. The van der Waals surface area contributed by atoms with E-state index in [9.17, 15) is 13.2 Å². The van der Waals surface area contributed by atoms with Gasteiger partial charge in [0.25, 0.3) is 0 Å². The summed E-state index contributed by atoms with van der Waals surface area (Å²) >= 11 is 12.2. The number of aryl methyl sites for hydroxylation is 1. The van der Waals surface area contributed by atoms with Crippen LogP contribution in [0, 0.1) is 13.8 Å². The molecule has 0 bridgehead atoms. The van der Waals surface area contributed by atoms with Crippen LogP contribution in [0.5, 0.6) is 0 Å². The van der Waals surface area contributed by atoms with Crippen LogP contribution in [0.15, 0.2) is 11.0 Å². The summed E-state index contributed by atoms with van der Waals surface area (Å²) in [6.07, 6.45) is 1.89. The van der Waals surface area contributed by atoms with Crippen LogP contribution in [0.1, 0.15) is 24.0 Å². The molecule has 1 aliphatic carbocycles. The van der Waals surface area contributed by atoms with Crippen molar-refractivity contribution >= 4 is 39.1 Å². The van der Waals surface area contributed by atoms with Crippen molar-refractivity contribution in [3.8, 4) is 0 Å². The third kappa shape index (κ3) is 3.56. The van der Waals surface area contributed by atoms with Crippen LogP contribution in [0.2, 0.25) is 10.0 Å². The smallest absolute Gasteiger partial charge is 0.245 e. The second-order valence-electron chi connectivity index (χ2n) is 5.55. The molecular weight excluding hydrogens is 347 g/mol. The zero-order valence-corrected chi connectivity index (χ0v) is 14.9. The van der Waals surface area contributed by atoms with E-state index in [2.05, 4.69) is 5.32 Å². The number of amides is 1. The highest BCUT2D eigenvalue weighted by molar-refractivity contribution is 7.89. The van der Waals surface area contributed by atoms with Gasteiger partial charge in [-0.25, -0.2) is 8.42 Å². The summed E-state index contributed by atoms with van der Waals surface area (Å²) in [5.41, 5.74) is 0.957. The number of likely N-dealkylation sites (N-methyl/N-ethyl adjacent to an activating group) is 1. The molecule has 0 aromatic heterocycles. The van der Waals surface area contributed by atoms with Crippen molar-refractivity contribution in [1.29, 1.82) is 0 Å². The van der Waals surface area contributed by atoms with Gasteiger partial charge in [-0.1, -0.05) is 23.2 Å². The van der Waals surface area contributed by atoms with Crippen LogP contribution in [0.3, 0.4) is 0 Å². The number of sulfonamides is 1. The van der Waals surface area contributed by atoms with E-state index in [4.69, 9.17) is 23.2 Å². The van der Waals surface area contributed by atoms with Crippen LogP contribution in [-0.4, -0.2) is 38.3 Å². The Morgan fingerprint density at radius 1 is 1.36 bits per heavy atom. The normalized spacial score (nSPS) is 15.2. The summed E-state index contributed by atoms with van der Waals surface area (Å²) in [4.78, 5) is 11.8. The molecule has 1 aromatic carbocycles. The van der Waals surface area contributed by atoms with Gasteiger partial charge in [-0.15, -0.1) is 0 Å². The summed E-state index contributed by atoms with van der Waals surface area (Å²) in [5.74, 6) is -0.318. The van der Waals surface area contributed by atoms with E-state index in [1.165, 1.54) is 7.05 Å². The van der Waals surface area contributed by atoms with Gasteiger partial charge >= 0.3 is 0 Å². The number of rotatable bonds is 5. The molecule has 8 heteroatoms. The second-order valence-corrected chi connectivity index (χ2v) is 8.31. The van der Waals surface area contributed by atoms with Gasteiger partial charge < -0.3 is 5.32 Å². The average Bonchev–Trinajstić information content (AvgIpc) is 3.20. The van der Waals surface area contributed by atoms with Gasteiger partial charge in [0, 0.05) is 18.1 Å². The number of carbonyl (C=O) groups is 1. The Hall–Kier alpha value is -0.820. The van der Waals surface area contributed by atoms with Crippen molar-refractivity contribution in [3.63, 3.8) is 0 Å². The van der Waals surface area contributed by atoms with E-state index in [1.807, 2.05) is 0 Å². The van der Waals surface area contributed by atoms with Crippen LogP contribution >= 0.6 is 23.2 Å². The first-order valence-electron chi connectivity index (χ1n) is 6.85. The maximum absolute atomic E-state index is 12.7. The number of hydrogen-bond acceptors (Lipinski definition) is 3. The highest BCUT2D eigenvalue weighted by atomic mass is 35.5. The summed E-state index contributed by atoms with van der Waals surface area (Å²) in [6, 6.07) is 1.81. The van der Waals surface area contributed by atoms with Crippen LogP contribution in [0.4, 0.5) is 0 Å². The Morgan fingerprint density at radius 2 is 1.95 bits per heavy atom. The maximum atomic E-state index is 12.7. The SMILES string of the molecule is Cc1cc(Cl)c(C)c(S(=O)(=O)N(C)CC(=O)NC2CC2)c1Cl. The Balaban J connectivity index is 2.31. The molecule has 1 aromatic rings. The number of nitrogens with one attached hydrogen (secondary N) is 1. The van der Waals surface area contributed by atoms with E-state index >= 15 is 0 Å². The lowest BCUT2D eigenvalue weighted by Crippen LogP contribution is -2.39. The van der Waals surface area contributed by atoms with E-state index in [0.717, 1.165) is 17.1 Å². The Labute approximate surface area is 140 Å². The Kier molecular flexibility index (Phi) is 5.06. The van der Waals surface area contributed by atoms with Gasteiger partial charge in [0.1, 0.15) is 4.90 Å². The molecular formula is C14H18Cl2N2O3S. The third-order valence-electron chi connectivity index (χ3n) is 3.56. The highest BCUT2D eigenvalue weighted by Crippen LogP contribution is 2.34. The van der Waals surface area contributed by atoms with Gasteiger partial charge in [-0.3, -0.25) is 4.79 Å². The molecule has 1 saturated carbocycles. The predicted octanol–water partition coefficient (Wildman–Crippen LogP) is 2.51. The van der Waals surface area contributed by atoms with Gasteiger partial charge in [0.2, 0.25) is 15.9 Å². The lowest BCUT2D eigenvalue weighted by molar-refractivity contribution is -0.121. The Bertz CT molecular complexity index is 689. The van der Waals surface area contributed by atoms with Gasteiger partial charge in [-0.2, -0.15) is 4.31 Å². The van der Waals surface area contributed by atoms with Crippen molar-refractivity contribution in [2.24, 2.45) is 0 Å². The minimum Gasteiger partial charge on any atom is -0.352 e. The fourth-order valence-corrected chi connectivity index (χ4v) is 4.35. The molecule has 1 N–H and O–H groups in total. The van der Waals surface area contributed by atoms with E-state index in [-0.39, 0.29) is 28.4 Å². The first kappa shape index (κ1) is 17.5. The molecule has 2 rings (SSSR count). The number of carbonyl (C=O) groups excluding carboxylic acids is 1. The molecule has 0 heterocycles. The van der Waals surface area contributed by atoms with Crippen LogP contribution in [-0.2, 0) is 14.8 Å².